The Kier molecular flexibility index (Phi) is 9.40. The number of ether oxygens (including phenoxy) is 1. The fraction of sp³-hybridized carbons (Fsp3) is 0.387. The number of halogens is 3. The molecule has 1 fully saturated rings. The topological polar surface area (TPSA) is 102 Å². The first-order chi connectivity index (χ1) is 19.9. The van der Waals surface area contributed by atoms with Crippen LogP contribution in [-0.4, -0.2) is 30.8 Å². The minimum atomic E-state index is -4.65. The summed E-state index contributed by atoms with van der Waals surface area (Å²) >= 11 is 0. The largest absolute Gasteiger partial charge is 0.458 e. The molecule has 0 saturated carbocycles. The van der Waals surface area contributed by atoms with Crippen LogP contribution in [0.4, 0.5) is 18.9 Å². The van der Waals surface area contributed by atoms with E-state index in [0.717, 1.165) is 18.1 Å². The Morgan fingerprint density at radius 3 is 2.36 bits per heavy atom. The second-order valence-electron chi connectivity index (χ2n) is 10.6. The summed E-state index contributed by atoms with van der Waals surface area (Å²) in [5.74, 6) is -2.40. The van der Waals surface area contributed by atoms with Gasteiger partial charge in [0.2, 0.25) is 0 Å². The van der Waals surface area contributed by atoms with Crippen LogP contribution in [0.2, 0.25) is 0 Å². The molecule has 0 aliphatic carbocycles. The van der Waals surface area contributed by atoms with Crippen LogP contribution in [0.3, 0.4) is 0 Å². The lowest BCUT2D eigenvalue weighted by Gasteiger charge is -2.40. The fourth-order valence-corrected chi connectivity index (χ4v) is 6.53. The van der Waals surface area contributed by atoms with Crippen LogP contribution in [-0.2, 0) is 36.9 Å². The van der Waals surface area contributed by atoms with Crippen molar-refractivity contribution in [2.45, 2.75) is 75.1 Å². The number of pyridine rings is 1. The molecular weight excluding hydrogens is 569 g/mol. The van der Waals surface area contributed by atoms with E-state index >= 15 is 0 Å². The van der Waals surface area contributed by atoms with Crippen molar-refractivity contribution in [2.75, 3.05) is 4.72 Å². The van der Waals surface area contributed by atoms with Crippen molar-refractivity contribution in [3.63, 3.8) is 0 Å². The predicted molar refractivity (Wildman–Crippen MR) is 151 cm³/mol. The number of sulfonamides is 1. The van der Waals surface area contributed by atoms with Gasteiger partial charge in [-0.15, -0.1) is 0 Å². The molecule has 0 bridgehead atoms. The third-order valence-corrected chi connectivity index (χ3v) is 8.88. The van der Waals surface area contributed by atoms with Crippen molar-refractivity contribution in [1.29, 1.82) is 0 Å². The maximum absolute atomic E-state index is 13.6. The molecule has 1 aliphatic heterocycles. The molecule has 1 saturated heterocycles. The number of nitrogens with zero attached hydrogens (tertiary/aromatic N) is 1. The zero-order chi connectivity index (χ0) is 30.5. The van der Waals surface area contributed by atoms with E-state index in [-0.39, 0.29) is 17.9 Å². The molecule has 2 heterocycles. The molecule has 3 atom stereocenters. The Morgan fingerprint density at radius 2 is 1.76 bits per heavy atom. The molecule has 1 N–H and O–H groups in total. The Morgan fingerprint density at radius 1 is 1.02 bits per heavy atom. The first-order valence-corrected chi connectivity index (χ1v) is 15.3. The van der Waals surface area contributed by atoms with E-state index in [1.54, 1.807) is 12.1 Å². The number of carbonyl (C=O) groups excluding carboxylic acids is 2. The number of aryl methyl sites for hydroxylation is 1. The molecule has 2 unspecified atom stereocenters. The van der Waals surface area contributed by atoms with Crippen LogP contribution in [0.25, 0.3) is 0 Å². The summed E-state index contributed by atoms with van der Waals surface area (Å²) in [4.78, 5) is 30.5. The van der Waals surface area contributed by atoms with E-state index in [2.05, 4.69) is 9.71 Å². The zero-order valence-corrected chi connectivity index (χ0v) is 24.2. The van der Waals surface area contributed by atoms with Crippen LogP contribution < -0.4 is 4.72 Å². The van der Waals surface area contributed by atoms with Gasteiger partial charge in [-0.05, 0) is 61.1 Å². The molecule has 4 rings (SSSR count). The highest BCUT2D eigenvalue weighted by Gasteiger charge is 2.48. The van der Waals surface area contributed by atoms with Crippen LogP contribution in [0.1, 0.15) is 68.6 Å². The number of alkyl halides is 3. The van der Waals surface area contributed by atoms with Crippen LogP contribution in [0.5, 0.6) is 0 Å². The molecule has 2 aromatic carbocycles. The normalized spacial score (nSPS) is 20.2. The Bertz CT molecular complexity index is 1490. The third kappa shape index (κ3) is 7.18. The molecule has 7 nitrogen and oxygen atoms in total. The summed E-state index contributed by atoms with van der Waals surface area (Å²) in [5, 5.41) is -0.582. The third-order valence-electron chi connectivity index (χ3n) is 7.58. The highest BCUT2D eigenvalue weighted by Crippen LogP contribution is 2.41. The summed E-state index contributed by atoms with van der Waals surface area (Å²) < 4.78 is 72.6. The quantitative estimate of drug-likeness (QED) is 0.194. The van der Waals surface area contributed by atoms with Crippen LogP contribution in [0.15, 0.2) is 78.0 Å². The van der Waals surface area contributed by atoms with Crippen molar-refractivity contribution in [1.82, 2.24) is 4.98 Å². The van der Waals surface area contributed by atoms with E-state index in [4.69, 9.17) is 4.74 Å². The number of hydrogen-bond donors (Lipinski definition) is 1. The van der Waals surface area contributed by atoms with Gasteiger partial charge in [0.15, 0.2) is 10.8 Å². The number of benzene rings is 2. The second-order valence-corrected chi connectivity index (χ2v) is 12.2. The molecule has 0 spiro atoms. The van der Waals surface area contributed by atoms with Gasteiger partial charge >= 0.3 is 12.1 Å². The lowest BCUT2D eigenvalue weighted by Crippen LogP contribution is -2.49. The summed E-state index contributed by atoms with van der Waals surface area (Å²) in [7, 11) is -4.31. The van der Waals surface area contributed by atoms with Crippen molar-refractivity contribution >= 4 is 27.5 Å². The number of anilines is 1. The molecular formula is C31H33F3N2O5S. The first-order valence-electron chi connectivity index (χ1n) is 13.8. The van der Waals surface area contributed by atoms with Crippen molar-refractivity contribution in [2.24, 2.45) is 5.92 Å². The van der Waals surface area contributed by atoms with E-state index in [9.17, 15) is 31.2 Å². The van der Waals surface area contributed by atoms with E-state index < -0.39 is 50.2 Å². The minimum Gasteiger partial charge on any atom is -0.458 e. The van der Waals surface area contributed by atoms with E-state index in [1.165, 1.54) is 12.1 Å². The van der Waals surface area contributed by atoms with Gasteiger partial charge in [0.1, 0.15) is 11.5 Å². The number of carbonyl (C=O) groups is 2. The molecule has 3 aromatic rings. The van der Waals surface area contributed by atoms with Gasteiger partial charge in [0.25, 0.3) is 10.0 Å². The standard InChI is InChI=1S/C31H33F3N2O5S/c1-3-16-30(17-15-21-9-6-5-7-10-21)19-26(37)28(29(38)41-30)25(4-2)22-11-8-12-24(18-22)36-42(39,40)27-14-13-23(20-35-27)31(32,33)34/h5-14,18,20,25,28,36H,3-4,15-17,19H2,1-2H3/t25?,28?,30-/m0/s1. The number of esters is 1. The Balaban J connectivity index is 1.52. The lowest BCUT2D eigenvalue weighted by molar-refractivity contribution is -0.180. The van der Waals surface area contributed by atoms with Crippen molar-refractivity contribution < 1.29 is 35.9 Å². The molecule has 224 valence electrons. The van der Waals surface area contributed by atoms with E-state index in [1.807, 2.05) is 44.2 Å². The maximum Gasteiger partial charge on any atom is 0.417 e. The SMILES string of the molecule is CCC[C@]1(CCc2ccccc2)CC(=O)C(C(CC)c2cccc(NS(=O)(=O)c3ccc(C(F)(F)F)cn3)c2)C(=O)O1. The van der Waals surface area contributed by atoms with Crippen LogP contribution >= 0.6 is 0 Å². The molecule has 0 radical (unpaired) electrons. The van der Waals surface area contributed by atoms with Gasteiger partial charge in [-0.3, -0.25) is 14.3 Å². The van der Waals surface area contributed by atoms with Crippen molar-refractivity contribution in [3.8, 4) is 0 Å². The highest BCUT2D eigenvalue weighted by atomic mass is 32.2. The molecule has 42 heavy (non-hydrogen) atoms. The van der Waals surface area contributed by atoms with Crippen LogP contribution in [0, 0.1) is 5.92 Å². The van der Waals surface area contributed by atoms with Gasteiger partial charge in [-0.2, -0.15) is 21.6 Å². The average molecular weight is 603 g/mol. The zero-order valence-electron chi connectivity index (χ0n) is 23.4. The molecule has 1 aliphatic rings. The Hall–Kier alpha value is -3.73. The maximum atomic E-state index is 13.6. The first kappa shape index (κ1) is 31.2. The van der Waals surface area contributed by atoms with Gasteiger partial charge in [0, 0.05) is 24.2 Å². The number of cyclic esters (lactones) is 1. The highest BCUT2D eigenvalue weighted by molar-refractivity contribution is 7.92. The number of rotatable bonds is 11. The van der Waals surface area contributed by atoms with Crippen molar-refractivity contribution in [3.05, 3.63) is 89.6 Å². The van der Waals surface area contributed by atoms with Gasteiger partial charge < -0.3 is 4.74 Å². The average Bonchev–Trinajstić information content (AvgIpc) is 2.94. The molecule has 11 heteroatoms. The summed E-state index contributed by atoms with van der Waals surface area (Å²) in [6, 6.07) is 17.5. The summed E-state index contributed by atoms with van der Waals surface area (Å²) in [6.45, 7) is 3.81. The van der Waals surface area contributed by atoms with Gasteiger partial charge in [-0.25, -0.2) is 4.98 Å². The monoisotopic (exact) mass is 602 g/mol. The summed E-state index contributed by atoms with van der Waals surface area (Å²) in [5.41, 5.74) is -0.176. The van der Waals surface area contributed by atoms with E-state index in [0.29, 0.717) is 43.5 Å². The lowest BCUT2D eigenvalue weighted by atomic mass is 9.74. The number of Topliss-reactive ketones (excluding diaryl/α,β-unsaturated/α-hetero) is 1. The molecule has 0 amide bonds. The fourth-order valence-electron chi connectivity index (χ4n) is 5.55. The summed E-state index contributed by atoms with van der Waals surface area (Å²) in [6.07, 6.45) is -1.18. The number of aromatic nitrogens is 1. The predicted octanol–water partition coefficient (Wildman–Crippen LogP) is 6.70. The number of ketones is 1. The minimum absolute atomic E-state index is 0.104. The van der Waals surface area contributed by atoms with Gasteiger partial charge in [-0.1, -0.05) is 62.7 Å². The van der Waals surface area contributed by atoms with Gasteiger partial charge in [0.05, 0.1) is 5.56 Å². The Labute approximate surface area is 243 Å². The number of nitrogens with one attached hydrogen (secondary N) is 1. The smallest absolute Gasteiger partial charge is 0.417 e. The second kappa shape index (κ2) is 12.6. The number of hydrogen-bond acceptors (Lipinski definition) is 6. The molecule has 1 aromatic heterocycles.